The summed E-state index contributed by atoms with van der Waals surface area (Å²) in [7, 11) is -3.38. The Bertz CT molecular complexity index is 1120. The lowest BCUT2D eigenvalue weighted by Gasteiger charge is -2.15. The van der Waals surface area contributed by atoms with Gasteiger partial charge in [0.05, 0.1) is 22.1 Å². The molecule has 1 aromatic heterocycles. The number of thiophene rings is 1. The predicted molar refractivity (Wildman–Crippen MR) is 106 cm³/mol. The molecule has 5 nitrogen and oxygen atoms in total. The van der Waals surface area contributed by atoms with Gasteiger partial charge >= 0.3 is 0 Å². The summed E-state index contributed by atoms with van der Waals surface area (Å²) in [6, 6.07) is 15.7. The SMILES string of the molecule is CCOc1ccc(NC(=O)c2cc3c(s2)-c2ccccc2S(=O)(=O)C3)cc1. The highest BCUT2D eigenvalue weighted by Crippen LogP contribution is 2.42. The predicted octanol–water partition coefficient (Wildman–Crippen LogP) is 4.35. The van der Waals surface area contributed by atoms with Crippen LogP contribution < -0.4 is 10.1 Å². The fourth-order valence-electron chi connectivity index (χ4n) is 3.08. The van der Waals surface area contributed by atoms with Crippen LogP contribution in [0.1, 0.15) is 22.2 Å². The number of carbonyl (C=O) groups excluding carboxylic acids is 1. The summed E-state index contributed by atoms with van der Waals surface area (Å²) >= 11 is 1.32. The van der Waals surface area contributed by atoms with Crippen molar-refractivity contribution in [3.05, 3.63) is 65.0 Å². The van der Waals surface area contributed by atoms with E-state index in [9.17, 15) is 13.2 Å². The molecule has 0 radical (unpaired) electrons. The number of sulfone groups is 1. The van der Waals surface area contributed by atoms with E-state index in [0.29, 0.717) is 33.2 Å². The second-order valence-corrected chi connectivity index (χ2v) is 9.14. The Kier molecular flexibility index (Phi) is 4.49. The van der Waals surface area contributed by atoms with E-state index >= 15 is 0 Å². The van der Waals surface area contributed by atoms with Gasteiger partial charge in [-0.1, -0.05) is 18.2 Å². The molecule has 0 aliphatic carbocycles. The molecule has 0 unspecified atom stereocenters. The van der Waals surface area contributed by atoms with Crippen LogP contribution >= 0.6 is 11.3 Å². The quantitative estimate of drug-likeness (QED) is 0.708. The zero-order valence-electron chi connectivity index (χ0n) is 14.6. The standard InChI is InChI=1S/C20H17NO4S2/c1-2-25-15-9-7-14(8-10-15)21-20(22)17-11-13-12-27(23,24)18-6-4-3-5-16(18)19(13)26-17/h3-11H,2,12H2,1H3,(H,21,22). The zero-order chi connectivity index (χ0) is 19.0. The van der Waals surface area contributed by atoms with Crippen molar-refractivity contribution >= 4 is 32.8 Å². The van der Waals surface area contributed by atoms with Crippen LogP contribution in [0.5, 0.6) is 5.75 Å². The third-order valence-corrected chi connectivity index (χ3v) is 7.19. The normalized spacial score (nSPS) is 14.1. The Morgan fingerprint density at radius 2 is 1.89 bits per heavy atom. The van der Waals surface area contributed by atoms with E-state index in [1.54, 1.807) is 48.5 Å². The van der Waals surface area contributed by atoms with Gasteiger partial charge in [0.15, 0.2) is 9.84 Å². The Balaban J connectivity index is 1.62. The average Bonchev–Trinajstić information content (AvgIpc) is 3.07. The van der Waals surface area contributed by atoms with Crippen LogP contribution in [0.4, 0.5) is 5.69 Å². The summed E-state index contributed by atoms with van der Waals surface area (Å²) in [4.78, 5) is 14.3. The zero-order valence-corrected chi connectivity index (χ0v) is 16.2. The van der Waals surface area contributed by atoms with Gasteiger partial charge in [0.2, 0.25) is 0 Å². The Morgan fingerprint density at radius 3 is 2.63 bits per heavy atom. The number of rotatable bonds is 4. The minimum Gasteiger partial charge on any atom is -0.494 e. The van der Waals surface area contributed by atoms with Gasteiger partial charge in [0.25, 0.3) is 5.91 Å². The van der Waals surface area contributed by atoms with E-state index in [1.807, 2.05) is 13.0 Å². The van der Waals surface area contributed by atoms with Gasteiger partial charge in [0.1, 0.15) is 5.75 Å². The van der Waals surface area contributed by atoms with Crippen molar-refractivity contribution in [3.63, 3.8) is 0 Å². The molecule has 1 N–H and O–H groups in total. The van der Waals surface area contributed by atoms with Crippen LogP contribution in [0.3, 0.4) is 0 Å². The molecule has 4 rings (SSSR count). The molecule has 0 fully saturated rings. The van der Waals surface area contributed by atoms with E-state index in [2.05, 4.69) is 5.32 Å². The third-order valence-electron chi connectivity index (χ3n) is 4.27. The molecule has 138 valence electrons. The van der Waals surface area contributed by atoms with Crippen molar-refractivity contribution in [2.75, 3.05) is 11.9 Å². The Morgan fingerprint density at radius 1 is 1.15 bits per heavy atom. The first-order valence-corrected chi connectivity index (χ1v) is 10.9. The van der Waals surface area contributed by atoms with Crippen molar-refractivity contribution in [3.8, 4) is 16.2 Å². The van der Waals surface area contributed by atoms with Gasteiger partial charge in [-0.2, -0.15) is 0 Å². The first-order valence-electron chi connectivity index (χ1n) is 8.47. The van der Waals surface area contributed by atoms with Crippen LogP contribution in [0.2, 0.25) is 0 Å². The smallest absolute Gasteiger partial charge is 0.265 e. The molecule has 0 spiro atoms. The summed E-state index contributed by atoms with van der Waals surface area (Å²) in [5.74, 6) is 0.406. The monoisotopic (exact) mass is 399 g/mol. The molecule has 0 atom stereocenters. The van der Waals surface area contributed by atoms with Gasteiger partial charge in [-0.3, -0.25) is 4.79 Å². The summed E-state index contributed by atoms with van der Waals surface area (Å²) in [5.41, 5.74) is 2.00. The van der Waals surface area contributed by atoms with Crippen molar-refractivity contribution < 1.29 is 17.9 Å². The fourth-order valence-corrected chi connectivity index (χ4v) is 5.93. The lowest BCUT2D eigenvalue weighted by Crippen LogP contribution is -2.11. The molecule has 1 aliphatic rings. The number of nitrogens with one attached hydrogen (secondary N) is 1. The lowest BCUT2D eigenvalue weighted by molar-refractivity contribution is 0.103. The molecule has 2 heterocycles. The van der Waals surface area contributed by atoms with E-state index in [-0.39, 0.29) is 11.7 Å². The summed E-state index contributed by atoms with van der Waals surface area (Å²) in [6.07, 6.45) is 0. The molecular weight excluding hydrogens is 382 g/mol. The van der Waals surface area contributed by atoms with Gasteiger partial charge in [-0.05, 0) is 48.9 Å². The highest BCUT2D eigenvalue weighted by Gasteiger charge is 2.30. The maximum Gasteiger partial charge on any atom is 0.265 e. The van der Waals surface area contributed by atoms with Crippen molar-refractivity contribution in [2.45, 2.75) is 17.6 Å². The topological polar surface area (TPSA) is 72.5 Å². The molecule has 1 aliphatic heterocycles. The third kappa shape index (κ3) is 3.36. The van der Waals surface area contributed by atoms with Crippen molar-refractivity contribution in [1.82, 2.24) is 0 Å². The summed E-state index contributed by atoms with van der Waals surface area (Å²) < 4.78 is 30.4. The number of carbonyl (C=O) groups is 1. The molecule has 1 amide bonds. The molecule has 27 heavy (non-hydrogen) atoms. The number of fused-ring (bicyclic) bond motifs is 3. The van der Waals surface area contributed by atoms with E-state index < -0.39 is 9.84 Å². The highest BCUT2D eigenvalue weighted by molar-refractivity contribution is 7.91. The Hall–Kier alpha value is -2.64. The number of ether oxygens (including phenoxy) is 1. The van der Waals surface area contributed by atoms with Gasteiger partial charge in [0, 0.05) is 16.1 Å². The number of amides is 1. The number of benzene rings is 2. The number of anilines is 1. The van der Waals surface area contributed by atoms with E-state index in [0.717, 1.165) is 10.6 Å². The molecule has 0 saturated carbocycles. The molecule has 0 bridgehead atoms. The van der Waals surface area contributed by atoms with Crippen molar-refractivity contribution in [1.29, 1.82) is 0 Å². The molecule has 0 saturated heterocycles. The summed E-state index contributed by atoms with van der Waals surface area (Å²) in [5, 5.41) is 2.85. The molecule has 7 heteroatoms. The maximum absolute atomic E-state index is 12.6. The van der Waals surface area contributed by atoms with E-state index in [4.69, 9.17) is 4.74 Å². The Labute approximate surface area is 161 Å². The van der Waals surface area contributed by atoms with Crippen LogP contribution in [0, 0.1) is 0 Å². The van der Waals surface area contributed by atoms with Gasteiger partial charge in [-0.15, -0.1) is 11.3 Å². The molecule has 3 aromatic rings. The first kappa shape index (κ1) is 17.8. The second kappa shape index (κ2) is 6.83. The molecule has 2 aromatic carbocycles. The van der Waals surface area contributed by atoms with Gasteiger partial charge in [-0.25, -0.2) is 8.42 Å². The van der Waals surface area contributed by atoms with Crippen LogP contribution in [-0.4, -0.2) is 20.9 Å². The largest absolute Gasteiger partial charge is 0.494 e. The van der Waals surface area contributed by atoms with E-state index in [1.165, 1.54) is 11.3 Å². The minimum absolute atomic E-state index is 0.0772. The minimum atomic E-state index is -3.38. The van der Waals surface area contributed by atoms with Crippen LogP contribution in [0.25, 0.3) is 10.4 Å². The average molecular weight is 399 g/mol. The number of hydrogen-bond acceptors (Lipinski definition) is 5. The lowest BCUT2D eigenvalue weighted by atomic mass is 10.1. The highest BCUT2D eigenvalue weighted by atomic mass is 32.2. The van der Waals surface area contributed by atoms with Crippen LogP contribution in [-0.2, 0) is 15.6 Å². The summed E-state index contributed by atoms with van der Waals surface area (Å²) in [6.45, 7) is 2.49. The second-order valence-electron chi connectivity index (χ2n) is 6.13. The van der Waals surface area contributed by atoms with Crippen molar-refractivity contribution in [2.24, 2.45) is 0 Å². The first-order chi connectivity index (χ1) is 13.0. The van der Waals surface area contributed by atoms with Crippen LogP contribution in [0.15, 0.2) is 59.5 Å². The molecular formula is C20H17NO4S2. The fraction of sp³-hybridized carbons (Fsp3) is 0.150. The maximum atomic E-state index is 12.6. The van der Waals surface area contributed by atoms with Gasteiger partial charge < -0.3 is 10.1 Å². The number of hydrogen-bond donors (Lipinski definition) is 1.